The zero-order chi connectivity index (χ0) is 32.4. The van der Waals surface area contributed by atoms with Crippen LogP contribution in [-0.2, 0) is 11.7 Å². The highest BCUT2D eigenvalue weighted by Crippen LogP contribution is 2.57. The van der Waals surface area contributed by atoms with Crippen molar-refractivity contribution in [3.63, 3.8) is 0 Å². The highest BCUT2D eigenvalue weighted by molar-refractivity contribution is 6.03. The number of anilines is 2. The van der Waals surface area contributed by atoms with E-state index in [1.165, 1.54) is 13.2 Å². The number of nitrogens with one attached hydrogen (secondary N) is 1. The molecule has 1 aromatic heterocycles. The van der Waals surface area contributed by atoms with Crippen LogP contribution in [0.15, 0.2) is 42.6 Å². The first-order valence-electron chi connectivity index (χ1n) is 15.4. The van der Waals surface area contributed by atoms with Crippen LogP contribution in [0, 0.1) is 5.41 Å². The molecule has 13 heteroatoms. The number of nitrogens with zero attached hydrogens (tertiary/aromatic N) is 5. The van der Waals surface area contributed by atoms with E-state index in [0.717, 1.165) is 57.3 Å². The summed E-state index contributed by atoms with van der Waals surface area (Å²) in [4.78, 5) is 40.4. The molecule has 2 amide bonds. The van der Waals surface area contributed by atoms with Crippen molar-refractivity contribution in [2.75, 3.05) is 52.7 Å². The minimum atomic E-state index is -4.81. The Labute approximate surface area is 264 Å². The molecule has 10 nitrogen and oxygen atoms in total. The SMILES string of the molecule is COc1cc(C(=O)N2CCC3(CCN(C)CC3)C2)ccc1Nc1ncc(C(F)(F)F)c(Oc2cccc3c2C(=O)N(C)C32CC2)n1. The average molecular weight is 637 g/mol. The van der Waals surface area contributed by atoms with Gasteiger partial charge in [-0.2, -0.15) is 18.2 Å². The first-order chi connectivity index (χ1) is 21.9. The second-order valence-electron chi connectivity index (χ2n) is 12.9. The van der Waals surface area contributed by atoms with Gasteiger partial charge in [0.25, 0.3) is 11.8 Å². The van der Waals surface area contributed by atoms with Crippen LogP contribution < -0.4 is 14.8 Å². The van der Waals surface area contributed by atoms with Crippen LogP contribution in [0.1, 0.15) is 63.9 Å². The van der Waals surface area contributed by atoms with Crippen molar-refractivity contribution in [1.29, 1.82) is 0 Å². The van der Waals surface area contributed by atoms with Gasteiger partial charge in [-0.1, -0.05) is 12.1 Å². The topological polar surface area (TPSA) is 100 Å². The average Bonchev–Trinajstić information content (AvgIpc) is 3.70. The maximum atomic E-state index is 14.0. The van der Waals surface area contributed by atoms with Crippen LogP contribution in [0.3, 0.4) is 0 Å². The Morgan fingerprint density at radius 2 is 1.74 bits per heavy atom. The van der Waals surface area contributed by atoms with Crippen LogP contribution >= 0.6 is 0 Å². The molecule has 7 rings (SSSR count). The van der Waals surface area contributed by atoms with Crippen LogP contribution in [0.25, 0.3) is 0 Å². The third kappa shape index (κ3) is 5.10. The van der Waals surface area contributed by atoms with Crippen molar-refractivity contribution in [1.82, 2.24) is 24.7 Å². The number of likely N-dealkylation sites (tertiary alicyclic amines) is 2. The van der Waals surface area contributed by atoms with Gasteiger partial charge in [-0.25, -0.2) is 4.98 Å². The normalized spacial score (nSPS) is 19.9. The van der Waals surface area contributed by atoms with Gasteiger partial charge < -0.3 is 29.5 Å². The molecule has 2 aromatic carbocycles. The van der Waals surface area contributed by atoms with Crippen molar-refractivity contribution in [3.8, 4) is 17.4 Å². The molecule has 4 aliphatic rings. The summed E-state index contributed by atoms with van der Waals surface area (Å²) in [5.41, 5.74) is 0.340. The number of ether oxygens (including phenoxy) is 2. The Morgan fingerprint density at radius 3 is 2.43 bits per heavy atom. The van der Waals surface area contributed by atoms with Gasteiger partial charge >= 0.3 is 6.18 Å². The van der Waals surface area contributed by atoms with Crippen LogP contribution in [-0.4, -0.2) is 83.9 Å². The van der Waals surface area contributed by atoms with Gasteiger partial charge in [0.15, 0.2) is 0 Å². The molecule has 3 aromatic rings. The molecule has 1 N–H and O–H groups in total. The lowest BCUT2D eigenvalue weighted by molar-refractivity contribution is -0.139. The molecule has 4 heterocycles. The summed E-state index contributed by atoms with van der Waals surface area (Å²) in [7, 11) is 5.25. The summed E-state index contributed by atoms with van der Waals surface area (Å²) in [5, 5.41) is 2.91. The molecule has 0 radical (unpaired) electrons. The third-order valence-electron chi connectivity index (χ3n) is 10.1. The Kier molecular flexibility index (Phi) is 7.14. The number of hydrogen-bond acceptors (Lipinski definition) is 8. The molecule has 0 bridgehead atoms. The number of piperidine rings is 1. The number of halogens is 3. The Bertz CT molecular complexity index is 1720. The molecule has 0 unspecified atom stereocenters. The Morgan fingerprint density at radius 1 is 1.00 bits per heavy atom. The lowest BCUT2D eigenvalue weighted by Crippen LogP contribution is -2.40. The van der Waals surface area contributed by atoms with Crippen molar-refractivity contribution in [2.24, 2.45) is 5.41 Å². The zero-order valence-corrected chi connectivity index (χ0v) is 25.9. The molecule has 3 fully saturated rings. The van der Waals surface area contributed by atoms with Gasteiger partial charge in [0.05, 0.1) is 23.9 Å². The second kappa shape index (κ2) is 10.9. The minimum absolute atomic E-state index is 0.00217. The molecule has 0 atom stereocenters. The molecule has 46 heavy (non-hydrogen) atoms. The fourth-order valence-electron chi connectivity index (χ4n) is 7.13. The fraction of sp³-hybridized carbons (Fsp3) is 0.455. The summed E-state index contributed by atoms with van der Waals surface area (Å²) in [6, 6.07) is 9.81. The highest BCUT2D eigenvalue weighted by atomic mass is 19.4. The van der Waals surface area contributed by atoms with Gasteiger partial charge in [-0.3, -0.25) is 9.59 Å². The van der Waals surface area contributed by atoms with E-state index >= 15 is 0 Å². The van der Waals surface area contributed by atoms with E-state index in [9.17, 15) is 22.8 Å². The number of carbonyl (C=O) groups excluding carboxylic acids is 2. The van der Waals surface area contributed by atoms with Gasteiger partial charge in [0.1, 0.15) is 17.1 Å². The zero-order valence-electron chi connectivity index (χ0n) is 25.9. The minimum Gasteiger partial charge on any atom is -0.495 e. The lowest BCUT2D eigenvalue weighted by Gasteiger charge is -2.37. The molecule has 2 spiro atoms. The number of benzene rings is 2. The number of methoxy groups -OCH3 is 1. The number of aromatic nitrogens is 2. The largest absolute Gasteiger partial charge is 0.495 e. The molecule has 2 saturated heterocycles. The van der Waals surface area contributed by atoms with E-state index in [1.807, 2.05) is 11.0 Å². The number of fused-ring (bicyclic) bond motifs is 2. The quantitative estimate of drug-likeness (QED) is 0.370. The van der Waals surface area contributed by atoms with E-state index in [1.54, 1.807) is 36.2 Å². The molecule has 1 aliphatic carbocycles. The number of carbonyl (C=O) groups is 2. The van der Waals surface area contributed by atoms with Gasteiger partial charge in [-0.05, 0) is 87.5 Å². The maximum absolute atomic E-state index is 14.0. The van der Waals surface area contributed by atoms with Crippen LogP contribution in [0.5, 0.6) is 17.4 Å². The molecular formula is C33H35F3N6O4. The number of hydrogen-bond donors (Lipinski definition) is 1. The van der Waals surface area contributed by atoms with E-state index in [2.05, 4.69) is 27.2 Å². The first kappa shape index (κ1) is 30.3. The Hall–Kier alpha value is -4.39. The monoisotopic (exact) mass is 636 g/mol. The third-order valence-corrected chi connectivity index (χ3v) is 10.1. The summed E-state index contributed by atoms with van der Waals surface area (Å²) in [5.74, 6) is -1.02. The smallest absolute Gasteiger partial charge is 0.423 e. The highest BCUT2D eigenvalue weighted by Gasteiger charge is 2.57. The van der Waals surface area contributed by atoms with Crippen molar-refractivity contribution >= 4 is 23.5 Å². The fourth-order valence-corrected chi connectivity index (χ4v) is 7.13. The molecule has 1 saturated carbocycles. The van der Waals surface area contributed by atoms with Crippen molar-refractivity contribution < 1.29 is 32.2 Å². The van der Waals surface area contributed by atoms with E-state index in [0.29, 0.717) is 29.7 Å². The number of alkyl halides is 3. The predicted octanol–water partition coefficient (Wildman–Crippen LogP) is 5.67. The maximum Gasteiger partial charge on any atom is 0.423 e. The summed E-state index contributed by atoms with van der Waals surface area (Å²) in [6.45, 7) is 3.47. The van der Waals surface area contributed by atoms with Gasteiger partial charge in [0.2, 0.25) is 11.8 Å². The molecular weight excluding hydrogens is 601 g/mol. The molecule has 3 aliphatic heterocycles. The second-order valence-corrected chi connectivity index (χ2v) is 12.9. The standard InChI is InChI=1S/C33H35F3N6O4/c1-40-14-11-31(12-15-40)13-16-42(19-31)28(43)20-7-8-23(25(17-20)45-3)38-30-37-18-22(33(34,35)36)27(39-30)46-24-6-4-5-21-26(24)29(44)41(2)32(21)9-10-32/h4-8,17-18H,9-16,19H2,1-3H3,(H,37,38,39). The number of amides is 2. The first-order valence-corrected chi connectivity index (χ1v) is 15.4. The summed E-state index contributed by atoms with van der Waals surface area (Å²) >= 11 is 0. The predicted molar refractivity (Wildman–Crippen MR) is 163 cm³/mol. The van der Waals surface area contributed by atoms with Gasteiger partial charge in [0, 0.05) is 31.9 Å². The van der Waals surface area contributed by atoms with Gasteiger partial charge in [-0.15, -0.1) is 0 Å². The van der Waals surface area contributed by atoms with E-state index in [-0.39, 0.29) is 34.5 Å². The van der Waals surface area contributed by atoms with E-state index in [4.69, 9.17) is 9.47 Å². The summed E-state index contributed by atoms with van der Waals surface area (Å²) in [6.07, 6.45) is 0.509. The van der Waals surface area contributed by atoms with E-state index < -0.39 is 23.2 Å². The van der Waals surface area contributed by atoms with Crippen LogP contribution in [0.4, 0.5) is 24.8 Å². The van der Waals surface area contributed by atoms with Crippen molar-refractivity contribution in [2.45, 2.75) is 43.8 Å². The molecule has 242 valence electrons. The number of rotatable bonds is 6. The Balaban J connectivity index is 1.13. The lowest BCUT2D eigenvalue weighted by atomic mass is 9.78. The van der Waals surface area contributed by atoms with Crippen molar-refractivity contribution in [3.05, 3.63) is 64.8 Å². The summed E-state index contributed by atoms with van der Waals surface area (Å²) < 4.78 is 53.4. The van der Waals surface area contributed by atoms with Crippen LogP contribution in [0.2, 0.25) is 0 Å².